The van der Waals surface area contributed by atoms with E-state index in [4.69, 9.17) is 0 Å². The molecule has 0 aliphatic heterocycles. The summed E-state index contributed by atoms with van der Waals surface area (Å²) in [6.45, 7) is 8.57. The van der Waals surface area contributed by atoms with Crippen molar-refractivity contribution in [1.82, 2.24) is 4.98 Å². The molecular formula is C14H23N. The lowest BCUT2D eigenvalue weighted by molar-refractivity contribution is 0.729. The molecule has 1 nitrogen and oxygen atoms in total. The van der Waals surface area contributed by atoms with Gasteiger partial charge in [-0.05, 0) is 37.3 Å². The van der Waals surface area contributed by atoms with E-state index in [0.717, 1.165) is 6.42 Å². The SMILES string of the molecule is C/C=C/CC.CCC(C)c1cccnc1. The molecule has 0 amide bonds. The van der Waals surface area contributed by atoms with Crippen molar-refractivity contribution in [3.8, 4) is 0 Å². The molecule has 1 unspecified atom stereocenters. The molecule has 0 N–H and O–H groups in total. The van der Waals surface area contributed by atoms with Crippen LogP contribution in [0, 0.1) is 0 Å². The summed E-state index contributed by atoms with van der Waals surface area (Å²) in [7, 11) is 0. The largest absolute Gasteiger partial charge is 0.264 e. The van der Waals surface area contributed by atoms with E-state index in [2.05, 4.69) is 44.0 Å². The number of aromatic nitrogens is 1. The molecule has 0 radical (unpaired) electrons. The van der Waals surface area contributed by atoms with Gasteiger partial charge in [0.05, 0.1) is 0 Å². The van der Waals surface area contributed by atoms with Gasteiger partial charge >= 0.3 is 0 Å². The summed E-state index contributed by atoms with van der Waals surface area (Å²) < 4.78 is 0. The maximum Gasteiger partial charge on any atom is 0.0302 e. The number of pyridine rings is 1. The Morgan fingerprint density at radius 3 is 2.47 bits per heavy atom. The fourth-order valence-electron chi connectivity index (χ4n) is 1.14. The van der Waals surface area contributed by atoms with Crippen LogP contribution in [0.25, 0.3) is 0 Å². The standard InChI is InChI=1S/C9H13N.C5H10/c1-3-8(2)9-5-4-6-10-7-9;1-3-5-4-2/h4-8H,3H2,1-2H3;3,5H,4H2,1-2H3/b;5-3+. The summed E-state index contributed by atoms with van der Waals surface area (Å²) in [5.74, 6) is 0.647. The second kappa shape index (κ2) is 9.45. The van der Waals surface area contributed by atoms with E-state index < -0.39 is 0 Å². The van der Waals surface area contributed by atoms with Crippen molar-refractivity contribution in [1.29, 1.82) is 0 Å². The first-order chi connectivity index (χ1) is 7.26. The average Bonchev–Trinajstić information content (AvgIpc) is 2.31. The third kappa shape index (κ3) is 6.89. The van der Waals surface area contributed by atoms with Gasteiger partial charge in [0.1, 0.15) is 0 Å². The van der Waals surface area contributed by atoms with E-state index in [1.165, 1.54) is 12.0 Å². The molecule has 0 saturated carbocycles. The first kappa shape index (κ1) is 13.9. The van der Waals surface area contributed by atoms with Crippen molar-refractivity contribution in [2.45, 2.75) is 46.5 Å². The van der Waals surface area contributed by atoms with Gasteiger partial charge in [0.15, 0.2) is 0 Å². The van der Waals surface area contributed by atoms with Gasteiger partial charge < -0.3 is 0 Å². The zero-order valence-corrected chi connectivity index (χ0v) is 10.4. The first-order valence-corrected chi connectivity index (χ1v) is 5.77. The number of hydrogen-bond acceptors (Lipinski definition) is 1. The van der Waals surface area contributed by atoms with Crippen molar-refractivity contribution in [3.63, 3.8) is 0 Å². The van der Waals surface area contributed by atoms with E-state index >= 15 is 0 Å². The molecule has 0 aliphatic carbocycles. The molecule has 1 heteroatoms. The summed E-state index contributed by atoms with van der Waals surface area (Å²) in [6.07, 6.45) is 10.3. The molecule has 1 rings (SSSR count). The summed E-state index contributed by atoms with van der Waals surface area (Å²) in [5.41, 5.74) is 1.34. The molecule has 0 fully saturated rings. The van der Waals surface area contributed by atoms with Crippen LogP contribution < -0.4 is 0 Å². The Morgan fingerprint density at radius 1 is 1.40 bits per heavy atom. The maximum absolute atomic E-state index is 4.05. The Balaban J connectivity index is 0.000000336. The van der Waals surface area contributed by atoms with Crippen molar-refractivity contribution in [3.05, 3.63) is 42.2 Å². The Labute approximate surface area is 94.3 Å². The summed E-state index contributed by atoms with van der Waals surface area (Å²) in [6, 6.07) is 4.11. The van der Waals surface area contributed by atoms with Crippen LogP contribution in [0.3, 0.4) is 0 Å². The minimum Gasteiger partial charge on any atom is -0.264 e. The highest BCUT2D eigenvalue weighted by molar-refractivity contribution is 5.12. The summed E-state index contributed by atoms with van der Waals surface area (Å²) >= 11 is 0. The molecule has 1 atom stereocenters. The topological polar surface area (TPSA) is 12.9 Å². The minimum atomic E-state index is 0.647. The predicted octanol–water partition coefficient (Wildman–Crippen LogP) is 4.57. The Morgan fingerprint density at radius 2 is 2.13 bits per heavy atom. The molecule has 1 heterocycles. The van der Waals surface area contributed by atoms with Gasteiger partial charge in [0.2, 0.25) is 0 Å². The number of allylic oxidation sites excluding steroid dienone is 2. The highest BCUT2D eigenvalue weighted by Crippen LogP contribution is 2.15. The van der Waals surface area contributed by atoms with Crippen molar-refractivity contribution in [2.24, 2.45) is 0 Å². The zero-order chi connectivity index (χ0) is 11.5. The quantitative estimate of drug-likeness (QED) is 0.659. The lowest BCUT2D eigenvalue weighted by Gasteiger charge is -2.05. The van der Waals surface area contributed by atoms with Gasteiger partial charge in [-0.25, -0.2) is 0 Å². The van der Waals surface area contributed by atoms with E-state index in [9.17, 15) is 0 Å². The number of nitrogens with zero attached hydrogens (tertiary/aromatic N) is 1. The third-order valence-corrected chi connectivity index (χ3v) is 2.34. The van der Waals surface area contributed by atoms with Gasteiger partial charge in [-0.15, -0.1) is 0 Å². The van der Waals surface area contributed by atoms with E-state index in [1.54, 1.807) is 0 Å². The molecular weight excluding hydrogens is 182 g/mol. The molecule has 84 valence electrons. The maximum atomic E-state index is 4.05. The van der Waals surface area contributed by atoms with Crippen LogP contribution in [-0.4, -0.2) is 4.98 Å². The van der Waals surface area contributed by atoms with Crippen molar-refractivity contribution in [2.75, 3.05) is 0 Å². The van der Waals surface area contributed by atoms with Gasteiger partial charge in [-0.3, -0.25) is 4.98 Å². The fraction of sp³-hybridized carbons (Fsp3) is 0.500. The van der Waals surface area contributed by atoms with Crippen molar-refractivity contribution < 1.29 is 0 Å². The van der Waals surface area contributed by atoms with Crippen LogP contribution in [-0.2, 0) is 0 Å². The monoisotopic (exact) mass is 205 g/mol. The minimum absolute atomic E-state index is 0.647. The van der Waals surface area contributed by atoms with Crippen LogP contribution in [0.2, 0.25) is 0 Å². The van der Waals surface area contributed by atoms with E-state index in [-0.39, 0.29) is 0 Å². The first-order valence-electron chi connectivity index (χ1n) is 5.77. The smallest absolute Gasteiger partial charge is 0.0302 e. The van der Waals surface area contributed by atoms with Gasteiger partial charge in [0.25, 0.3) is 0 Å². The molecule has 1 aromatic heterocycles. The fourth-order valence-corrected chi connectivity index (χ4v) is 1.14. The van der Waals surface area contributed by atoms with Crippen LogP contribution >= 0.6 is 0 Å². The van der Waals surface area contributed by atoms with Gasteiger partial charge in [-0.1, -0.05) is 39.0 Å². The van der Waals surface area contributed by atoms with E-state index in [1.807, 2.05) is 25.4 Å². The lowest BCUT2D eigenvalue weighted by Crippen LogP contribution is -1.90. The Hall–Kier alpha value is -1.11. The molecule has 1 aromatic rings. The lowest BCUT2D eigenvalue weighted by atomic mass is 10.0. The third-order valence-electron chi connectivity index (χ3n) is 2.34. The second-order valence-electron chi connectivity index (χ2n) is 3.57. The van der Waals surface area contributed by atoms with Gasteiger partial charge in [0, 0.05) is 12.4 Å². The summed E-state index contributed by atoms with van der Waals surface area (Å²) in [5, 5.41) is 0. The van der Waals surface area contributed by atoms with Crippen LogP contribution in [0.5, 0.6) is 0 Å². The molecule has 0 bridgehead atoms. The average molecular weight is 205 g/mol. The number of hydrogen-bond donors (Lipinski definition) is 0. The Bertz CT molecular complexity index is 251. The summed E-state index contributed by atoms with van der Waals surface area (Å²) in [4.78, 5) is 4.05. The Kier molecular flexibility index (Phi) is 8.75. The molecule has 0 aliphatic rings. The molecule has 0 spiro atoms. The van der Waals surface area contributed by atoms with Crippen LogP contribution in [0.4, 0.5) is 0 Å². The second-order valence-corrected chi connectivity index (χ2v) is 3.57. The predicted molar refractivity (Wildman–Crippen MR) is 68.0 cm³/mol. The van der Waals surface area contributed by atoms with Gasteiger partial charge in [-0.2, -0.15) is 0 Å². The molecule has 15 heavy (non-hydrogen) atoms. The normalized spacial score (nSPS) is 12.0. The number of rotatable bonds is 3. The zero-order valence-electron chi connectivity index (χ0n) is 10.4. The van der Waals surface area contributed by atoms with Crippen LogP contribution in [0.1, 0.15) is 52.0 Å². The molecule has 0 saturated heterocycles. The highest BCUT2D eigenvalue weighted by atomic mass is 14.6. The van der Waals surface area contributed by atoms with Crippen LogP contribution in [0.15, 0.2) is 36.7 Å². The van der Waals surface area contributed by atoms with Crippen molar-refractivity contribution >= 4 is 0 Å². The highest BCUT2D eigenvalue weighted by Gasteiger charge is 1.99. The van der Waals surface area contributed by atoms with E-state index in [0.29, 0.717) is 5.92 Å². The molecule has 0 aromatic carbocycles.